The molecule has 0 saturated carbocycles. The molecule has 1 aromatic carbocycles. The molecule has 2 fully saturated rings. The van der Waals surface area contributed by atoms with E-state index in [2.05, 4.69) is 0 Å². The fourth-order valence-corrected chi connectivity index (χ4v) is 3.40. The van der Waals surface area contributed by atoms with Crippen LogP contribution in [-0.4, -0.2) is 130 Å². The third-order valence-corrected chi connectivity index (χ3v) is 5.38. The Balaban J connectivity index is 0.00000306. The Morgan fingerprint density at radius 2 is 1.60 bits per heavy atom. The van der Waals surface area contributed by atoms with Crippen LogP contribution in [0.4, 0.5) is 0 Å². The van der Waals surface area contributed by atoms with Crippen LogP contribution in [-0.2, 0) is 18.9 Å². The van der Waals surface area contributed by atoms with Gasteiger partial charge in [-0.25, -0.2) is 4.79 Å². The maximum atomic E-state index is 12.1. The topological polar surface area (TPSA) is 257 Å². The number of carbonyl (C=O) groups excluding carboxylic acids is 1. The molecule has 3 rings (SSSR count). The standard InChI is InChI=1S/C20H28O13.2H2O/c1-28-8-3-4-11(9(5-8)18(27)29-2)32-20-17(26)15(24)14(23)12(33-20)7-31-19-16(25)13(22)10(21)6-30-19;;/h3-5,10,12-17,19-26H,6-7H2,1-2H3;2*1H2/t10-,12-,13+,14-,15+,16-,17-,19+,20-;;/m1../s1. The largest absolute Gasteiger partial charge is 0.497 e. The van der Waals surface area contributed by atoms with E-state index in [0.717, 1.165) is 0 Å². The van der Waals surface area contributed by atoms with Gasteiger partial charge in [0.15, 0.2) is 6.29 Å². The number of ether oxygens (including phenoxy) is 6. The van der Waals surface area contributed by atoms with Crippen LogP contribution in [0.3, 0.4) is 0 Å². The van der Waals surface area contributed by atoms with Gasteiger partial charge in [0.2, 0.25) is 6.29 Å². The average Bonchev–Trinajstić information content (AvgIpc) is 2.82. The highest BCUT2D eigenvalue weighted by Gasteiger charge is 2.46. The average molecular weight is 512 g/mol. The number of carbonyl (C=O) groups is 1. The third kappa shape index (κ3) is 6.75. The fourth-order valence-electron chi connectivity index (χ4n) is 3.40. The van der Waals surface area contributed by atoms with Crippen molar-refractivity contribution in [1.82, 2.24) is 0 Å². The first kappa shape index (κ1) is 30.9. The molecule has 15 heteroatoms. The molecule has 9 atom stereocenters. The SMILES string of the molecule is COC(=O)c1cc(OC)ccc1O[C@@H]1O[C@H](CO[C@@H]2OC[C@@H](O)[C@H](O)[C@H]2O)[C@@H](O)[C@H](O)[C@H]1O.O.O. The predicted octanol–water partition coefficient (Wildman–Crippen LogP) is -4.53. The van der Waals surface area contributed by atoms with E-state index in [1.807, 2.05) is 0 Å². The van der Waals surface area contributed by atoms with Crippen LogP contribution >= 0.6 is 0 Å². The van der Waals surface area contributed by atoms with Gasteiger partial charge in [0, 0.05) is 0 Å². The van der Waals surface area contributed by atoms with Crippen molar-refractivity contribution in [3.8, 4) is 11.5 Å². The van der Waals surface area contributed by atoms with E-state index in [9.17, 15) is 35.4 Å². The molecule has 2 saturated heterocycles. The molecule has 0 bridgehead atoms. The maximum Gasteiger partial charge on any atom is 0.341 e. The lowest BCUT2D eigenvalue weighted by molar-refractivity contribution is -0.307. The van der Waals surface area contributed by atoms with Crippen molar-refractivity contribution < 1.29 is 74.8 Å². The molecule has 10 N–H and O–H groups in total. The zero-order valence-electron chi connectivity index (χ0n) is 18.9. The Hall–Kier alpha value is -2.15. The number of rotatable bonds is 7. The van der Waals surface area contributed by atoms with Gasteiger partial charge in [0.05, 0.1) is 27.4 Å². The summed E-state index contributed by atoms with van der Waals surface area (Å²) in [5.41, 5.74) is -0.0349. The summed E-state index contributed by atoms with van der Waals surface area (Å²) in [7, 11) is 2.57. The van der Waals surface area contributed by atoms with Crippen LogP contribution in [0.25, 0.3) is 0 Å². The summed E-state index contributed by atoms with van der Waals surface area (Å²) in [6.07, 6.45) is -13.5. The number of esters is 1. The quantitative estimate of drug-likeness (QED) is 0.188. The van der Waals surface area contributed by atoms with Crippen molar-refractivity contribution in [2.24, 2.45) is 0 Å². The first-order valence-electron chi connectivity index (χ1n) is 10.1. The van der Waals surface area contributed by atoms with E-state index in [1.54, 1.807) is 0 Å². The lowest BCUT2D eigenvalue weighted by atomic mass is 9.99. The zero-order valence-corrected chi connectivity index (χ0v) is 18.9. The summed E-state index contributed by atoms with van der Waals surface area (Å²) in [6, 6.07) is 4.22. The zero-order chi connectivity index (χ0) is 24.3. The van der Waals surface area contributed by atoms with Gasteiger partial charge in [0.1, 0.15) is 59.8 Å². The monoisotopic (exact) mass is 512 g/mol. The Morgan fingerprint density at radius 1 is 0.943 bits per heavy atom. The Morgan fingerprint density at radius 3 is 2.23 bits per heavy atom. The van der Waals surface area contributed by atoms with Gasteiger partial charge in [-0.05, 0) is 18.2 Å². The molecule has 15 nitrogen and oxygen atoms in total. The second-order valence-corrected chi connectivity index (χ2v) is 7.57. The predicted molar refractivity (Wildman–Crippen MR) is 113 cm³/mol. The minimum Gasteiger partial charge on any atom is -0.497 e. The Kier molecular flexibility index (Phi) is 11.7. The number of aliphatic hydroxyl groups is 6. The van der Waals surface area contributed by atoms with E-state index in [0.29, 0.717) is 5.75 Å². The number of methoxy groups -OCH3 is 2. The molecule has 0 amide bonds. The minimum atomic E-state index is -1.71. The second kappa shape index (κ2) is 13.2. The van der Waals surface area contributed by atoms with Crippen molar-refractivity contribution in [2.45, 2.75) is 55.3 Å². The van der Waals surface area contributed by atoms with E-state index in [-0.39, 0.29) is 28.9 Å². The molecule has 0 spiro atoms. The van der Waals surface area contributed by atoms with Gasteiger partial charge in [0.25, 0.3) is 0 Å². The van der Waals surface area contributed by atoms with Crippen LogP contribution < -0.4 is 9.47 Å². The van der Waals surface area contributed by atoms with Gasteiger partial charge in [-0.15, -0.1) is 0 Å². The number of aliphatic hydroxyl groups excluding tert-OH is 6. The van der Waals surface area contributed by atoms with Gasteiger partial charge in [-0.1, -0.05) is 0 Å². The number of hydrogen-bond acceptors (Lipinski definition) is 13. The molecule has 35 heavy (non-hydrogen) atoms. The van der Waals surface area contributed by atoms with Crippen molar-refractivity contribution >= 4 is 5.97 Å². The minimum absolute atomic E-state index is 0. The molecule has 0 radical (unpaired) electrons. The van der Waals surface area contributed by atoms with Crippen LogP contribution in [0, 0.1) is 0 Å². The fraction of sp³-hybridized carbons (Fsp3) is 0.650. The summed E-state index contributed by atoms with van der Waals surface area (Å²) < 4.78 is 31.4. The molecule has 0 aliphatic carbocycles. The molecular weight excluding hydrogens is 480 g/mol. The van der Waals surface area contributed by atoms with Crippen molar-refractivity contribution in [3.05, 3.63) is 23.8 Å². The highest BCUT2D eigenvalue weighted by molar-refractivity contribution is 5.93. The summed E-state index contributed by atoms with van der Waals surface area (Å²) in [5.74, 6) is -0.454. The number of benzene rings is 1. The van der Waals surface area contributed by atoms with E-state index in [1.165, 1.54) is 32.4 Å². The molecule has 2 aliphatic heterocycles. The smallest absolute Gasteiger partial charge is 0.341 e. The van der Waals surface area contributed by atoms with Crippen LogP contribution in [0.5, 0.6) is 11.5 Å². The summed E-state index contributed by atoms with van der Waals surface area (Å²) in [5, 5.41) is 60.1. The first-order valence-corrected chi connectivity index (χ1v) is 10.1. The Bertz CT molecular complexity index is 807. The lowest BCUT2D eigenvalue weighted by Crippen LogP contribution is -2.61. The van der Waals surface area contributed by atoms with E-state index in [4.69, 9.17) is 28.4 Å². The maximum absolute atomic E-state index is 12.1. The number of hydrogen-bond donors (Lipinski definition) is 6. The summed E-state index contributed by atoms with van der Waals surface area (Å²) in [6.45, 7) is -0.736. The molecule has 1 aromatic rings. The second-order valence-electron chi connectivity index (χ2n) is 7.57. The normalized spacial score (nSPS) is 34.7. The van der Waals surface area contributed by atoms with Crippen LogP contribution in [0.2, 0.25) is 0 Å². The van der Waals surface area contributed by atoms with Gasteiger partial charge in [-0.3, -0.25) is 0 Å². The lowest BCUT2D eigenvalue weighted by Gasteiger charge is -2.41. The highest BCUT2D eigenvalue weighted by Crippen LogP contribution is 2.30. The molecule has 2 heterocycles. The van der Waals surface area contributed by atoms with Crippen LogP contribution in [0.15, 0.2) is 18.2 Å². The molecule has 202 valence electrons. The van der Waals surface area contributed by atoms with Gasteiger partial charge in [-0.2, -0.15) is 0 Å². The van der Waals surface area contributed by atoms with Crippen molar-refractivity contribution in [3.63, 3.8) is 0 Å². The van der Waals surface area contributed by atoms with Gasteiger partial charge < -0.3 is 70.0 Å². The van der Waals surface area contributed by atoms with E-state index < -0.39 is 67.9 Å². The Labute approximate surface area is 199 Å². The van der Waals surface area contributed by atoms with Crippen LogP contribution in [0.1, 0.15) is 10.4 Å². The molecule has 2 aliphatic rings. The molecule has 0 aromatic heterocycles. The van der Waals surface area contributed by atoms with Gasteiger partial charge >= 0.3 is 5.97 Å². The third-order valence-electron chi connectivity index (χ3n) is 5.38. The van der Waals surface area contributed by atoms with E-state index >= 15 is 0 Å². The summed E-state index contributed by atoms with van der Waals surface area (Å²) in [4.78, 5) is 12.1. The highest BCUT2D eigenvalue weighted by atomic mass is 16.7. The van der Waals surface area contributed by atoms with Crippen molar-refractivity contribution in [1.29, 1.82) is 0 Å². The summed E-state index contributed by atoms with van der Waals surface area (Å²) >= 11 is 0. The molecule has 0 unspecified atom stereocenters. The molecular formula is C20H32O15. The first-order chi connectivity index (χ1) is 15.7. The van der Waals surface area contributed by atoms with Crippen molar-refractivity contribution in [2.75, 3.05) is 27.4 Å².